The van der Waals surface area contributed by atoms with E-state index in [0.29, 0.717) is 5.69 Å². The summed E-state index contributed by atoms with van der Waals surface area (Å²) in [4.78, 5) is 3.75. The van der Waals surface area contributed by atoms with Crippen molar-refractivity contribution in [2.24, 2.45) is 0 Å². The molecule has 1 aromatic heterocycles. The van der Waals surface area contributed by atoms with Crippen molar-refractivity contribution in [1.82, 2.24) is 4.98 Å². The minimum absolute atomic E-state index is 0.0753. The molecule has 0 unspecified atom stereocenters. The lowest BCUT2D eigenvalue weighted by Crippen LogP contribution is -2.12. The average molecular weight is 240 g/mol. The Labute approximate surface area is 91.7 Å². The second-order valence-corrected chi connectivity index (χ2v) is 5.52. The fraction of sp³-hybridized carbons (Fsp3) is 0. The molecule has 15 heavy (non-hydrogen) atoms. The number of hydrogen-bond acceptors (Lipinski definition) is 4. The van der Waals surface area contributed by atoms with Gasteiger partial charge in [-0.25, -0.2) is 4.98 Å². The number of aromatic nitrogens is 1. The molecule has 0 amide bonds. The monoisotopic (exact) mass is 240 g/mol. The second kappa shape index (κ2) is 4.00. The van der Waals surface area contributed by atoms with Crippen molar-refractivity contribution < 1.29 is 8.42 Å². The van der Waals surface area contributed by atoms with Crippen LogP contribution < -0.4 is 4.72 Å². The van der Waals surface area contributed by atoms with Gasteiger partial charge in [0.05, 0.1) is 0 Å². The summed E-state index contributed by atoms with van der Waals surface area (Å²) in [7, 11) is -3.51. The van der Waals surface area contributed by atoms with Crippen molar-refractivity contribution >= 4 is 27.0 Å². The van der Waals surface area contributed by atoms with E-state index in [4.69, 9.17) is 0 Å². The maximum Gasteiger partial charge on any atom is 0.289 e. The highest BCUT2D eigenvalue weighted by atomic mass is 32.2. The second-order valence-electron chi connectivity index (χ2n) is 2.77. The number of sulfonamides is 1. The molecule has 0 saturated heterocycles. The average Bonchev–Trinajstić information content (AvgIpc) is 2.71. The standard InChI is InChI=1S/C9H8N2O2S2/c12-15(13,9-10-6-7-14-9)11-8-4-2-1-3-5-8/h1-7,11H. The normalized spacial score (nSPS) is 11.2. The number of nitrogens with one attached hydrogen (secondary N) is 1. The van der Waals surface area contributed by atoms with E-state index in [2.05, 4.69) is 9.71 Å². The fourth-order valence-electron chi connectivity index (χ4n) is 1.05. The summed E-state index contributed by atoms with van der Waals surface area (Å²) < 4.78 is 25.9. The van der Waals surface area contributed by atoms with Gasteiger partial charge in [0.25, 0.3) is 10.0 Å². The molecule has 1 N–H and O–H groups in total. The van der Waals surface area contributed by atoms with Gasteiger partial charge in [0.1, 0.15) is 0 Å². The van der Waals surface area contributed by atoms with Crippen molar-refractivity contribution in [2.75, 3.05) is 4.72 Å². The summed E-state index contributed by atoms with van der Waals surface area (Å²) in [5.41, 5.74) is 0.535. The van der Waals surface area contributed by atoms with Gasteiger partial charge in [-0.3, -0.25) is 4.72 Å². The zero-order valence-corrected chi connectivity index (χ0v) is 9.25. The van der Waals surface area contributed by atoms with E-state index in [9.17, 15) is 8.42 Å². The Morgan fingerprint density at radius 2 is 1.93 bits per heavy atom. The third-order valence-corrected chi connectivity index (χ3v) is 4.25. The molecule has 0 saturated carbocycles. The highest BCUT2D eigenvalue weighted by molar-refractivity contribution is 7.94. The van der Waals surface area contributed by atoms with Gasteiger partial charge in [0.2, 0.25) is 4.34 Å². The third-order valence-electron chi connectivity index (χ3n) is 1.67. The van der Waals surface area contributed by atoms with Crippen LogP contribution in [0.25, 0.3) is 0 Å². The number of benzene rings is 1. The summed E-state index contributed by atoms with van der Waals surface area (Å²) >= 11 is 1.09. The van der Waals surface area contributed by atoms with Gasteiger partial charge in [-0.05, 0) is 12.1 Å². The van der Waals surface area contributed by atoms with Crippen LogP contribution >= 0.6 is 11.3 Å². The van der Waals surface area contributed by atoms with Gasteiger partial charge in [-0.2, -0.15) is 8.42 Å². The van der Waals surface area contributed by atoms with Crippen molar-refractivity contribution in [2.45, 2.75) is 4.34 Å². The van der Waals surface area contributed by atoms with E-state index < -0.39 is 10.0 Å². The van der Waals surface area contributed by atoms with Crippen LogP contribution in [0.1, 0.15) is 0 Å². The summed E-state index contributed by atoms with van der Waals surface area (Å²) in [6.07, 6.45) is 1.46. The first kappa shape index (κ1) is 10.1. The summed E-state index contributed by atoms with van der Waals surface area (Å²) in [5, 5.41) is 1.62. The van der Waals surface area contributed by atoms with E-state index in [1.165, 1.54) is 6.20 Å². The van der Waals surface area contributed by atoms with E-state index in [1.54, 1.807) is 29.6 Å². The Morgan fingerprint density at radius 3 is 2.53 bits per heavy atom. The predicted octanol–water partition coefficient (Wildman–Crippen LogP) is 1.94. The van der Waals surface area contributed by atoms with Crippen LogP contribution in [-0.4, -0.2) is 13.4 Å². The first-order valence-corrected chi connectivity index (χ1v) is 6.52. The van der Waals surface area contributed by atoms with Crippen LogP contribution in [-0.2, 0) is 10.0 Å². The van der Waals surface area contributed by atoms with E-state index in [-0.39, 0.29) is 4.34 Å². The summed E-state index contributed by atoms with van der Waals surface area (Å²) in [6.45, 7) is 0. The number of nitrogens with zero attached hydrogens (tertiary/aromatic N) is 1. The molecule has 0 bridgehead atoms. The minimum atomic E-state index is -3.51. The number of para-hydroxylation sites is 1. The van der Waals surface area contributed by atoms with Gasteiger partial charge < -0.3 is 0 Å². The van der Waals surface area contributed by atoms with Crippen molar-refractivity contribution in [1.29, 1.82) is 0 Å². The van der Waals surface area contributed by atoms with Crippen LogP contribution in [0.15, 0.2) is 46.2 Å². The predicted molar refractivity (Wildman–Crippen MR) is 59.4 cm³/mol. The van der Waals surface area contributed by atoms with Crippen molar-refractivity contribution in [3.8, 4) is 0 Å². The molecule has 2 rings (SSSR count). The third kappa shape index (κ3) is 2.34. The van der Waals surface area contributed by atoms with Crippen LogP contribution in [0, 0.1) is 0 Å². The van der Waals surface area contributed by atoms with Crippen LogP contribution in [0.5, 0.6) is 0 Å². The molecule has 78 valence electrons. The van der Waals surface area contributed by atoms with Gasteiger partial charge in [0.15, 0.2) is 0 Å². The van der Waals surface area contributed by atoms with Crippen LogP contribution in [0.2, 0.25) is 0 Å². The molecule has 0 radical (unpaired) electrons. The van der Waals surface area contributed by atoms with E-state index in [1.807, 2.05) is 6.07 Å². The Kier molecular flexibility index (Phi) is 2.70. The smallest absolute Gasteiger partial charge is 0.278 e. The van der Waals surface area contributed by atoms with Gasteiger partial charge in [-0.1, -0.05) is 18.2 Å². The van der Waals surface area contributed by atoms with Gasteiger partial charge in [0, 0.05) is 17.3 Å². The molecular formula is C9H8N2O2S2. The first-order chi connectivity index (χ1) is 7.18. The molecule has 0 aliphatic heterocycles. The molecule has 0 aliphatic rings. The largest absolute Gasteiger partial charge is 0.289 e. The molecular weight excluding hydrogens is 232 g/mol. The Balaban J connectivity index is 2.27. The van der Waals surface area contributed by atoms with Crippen LogP contribution in [0.4, 0.5) is 5.69 Å². The number of anilines is 1. The topological polar surface area (TPSA) is 59.1 Å². The summed E-state index contributed by atoms with van der Waals surface area (Å²) in [6, 6.07) is 8.72. The van der Waals surface area contributed by atoms with Gasteiger partial charge >= 0.3 is 0 Å². The maximum atomic E-state index is 11.7. The molecule has 0 fully saturated rings. The Bertz CT molecular complexity index is 521. The Morgan fingerprint density at radius 1 is 1.20 bits per heavy atom. The van der Waals surface area contributed by atoms with E-state index in [0.717, 1.165) is 11.3 Å². The fourth-order valence-corrected chi connectivity index (χ4v) is 2.94. The van der Waals surface area contributed by atoms with Gasteiger partial charge in [-0.15, -0.1) is 11.3 Å². The lowest BCUT2D eigenvalue weighted by molar-refractivity contribution is 0.600. The maximum absolute atomic E-state index is 11.7. The highest BCUT2D eigenvalue weighted by Gasteiger charge is 2.16. The molecule has 4 nitrogen and oxygen atoms in total. The van der Waals surface area contributed by atoms with Crippen LogP contribution in [0.3, 0.4) is 0 Å². The molecule has 1 heterocycles. The number of rotatable bonds is 3. The minimum Gasteiger partial charge on any atom is -0.278 e. The van der Waals surface area contributed by atoms with Crippen molar-refractivity contribution in [3.63, 3.8) is 0 Å². The molecule has 2 aromatic rings. The molecule has 1 aromatic carbocycles. The summed E-state index contributed by atoms with van der Waals surface area (Å²) in [5.74, 6) is 0. The lowest BCUT2D eigenvalue weighted by atomic mass is 10.3. The molecule has 0 aliphatic carbocycles. The SMILES string of the molecule is O=S(=O)(Nc1ccccc1)c1nccs1. The molecule has 0 spiro atoms. The van der Waals surface area contributed by atoms with E-state index >= 15 is 0 Å². The number of thiazole rings is 1. The Hall–Kier alpha value is -1.40. The zero-order chi connectivity index (χ0) is 10.7. The lowest BCUT2D eigenvalue weighted by Gasteiger charge is -2.03. The molecule has 6 heteroatoms. The zero-order valence-electron chi connectivity index (χ0n) is 7.62. The molecule has 0 atom stereocenters. The quantitative estimate of drug-likeness (QED) is 0.892. The van der Waals surface area contributed by atoms with Crippen molar-refractivity contribution in [3.05, 3.63) is 41.9 Å². The first-order valence-electron chi connectivity index (χ1n) is 4.16. The highest BCUT2D eigenvalue weighted by Crippen LogP contribution is 2.16. The number of hydrogen-bond donors (Lipinski definition) is 1.